The minimum absolute atomic E-state index is 0.113. The number of hydrogen-bond donors (Lipinski definition) is 0. The Bertz CT molecular complexity index is 1660. The number of imidazole rings is 1. The number of hydrogen-bond acceptors (Lipinski definition) is 4. The maximum absolute atomic E-state index is 11.9. The van der Waals surface area contributed by atoms with Crippen LogP contribution in [-0.2, 0) is 15.3 Å². The first-order valence-corrected chi connectivity index (χ1v) is 12.6. The highest BCUT2D eigenvalue weighted by molar-refractivity contribution is 7.90. The van der Waals surface area contributed by atoms with E-state index >= 15 is 0 Å². The summed E-state index contributed by atoms with van der Waals surface area (Å²) in [5, 5.41) is 0. The van der Waals surface area contributed by atoms with Crippen molar-refractivity contribution in [3.8, 4) is 33.6 Å². The molecular formula is C27H22N2O3S. The summed E-state index contributed by atoms with van der Waals surface area (Å²) in [6.45, 7) is 4.51. The highest BCUT2D eigenvalue weighted by Gasteiger charge is 2.35. The molecule has 2 aromatic heterocycles. The van der Waals surface area contributed by atoms with Crippen LogP contribution in [0.4, 0.5) is 0 Å². The summed E-state index contributed by atoms with van der Waals surface area (Å²) in [5.41, 5.74) is 8.54. The Labute approximate surface area is 192 Å². The van der Waals surface area contributed by atoms with Gasteiger partial charge in [0.2, 0.25) is 0 Å². The van der Waals surface area contributed by atoms with Crippen molar-refractivity contribution in [3.63, 3.8) is 0 Å². The van der Waals surface area contributed by atoms with E-state index < -0.39 is 9.84 Å². The maximum atomic E-state index is 11.9. The summed E-state index contributed by atoms with van der Waals surface area (Å²) < 4.78 is 31.3. The maximum Gasteiger partial charge on any atom is 0.306 e. The predicted octanol–water partition coefficient (Wildman–Crippen LogP) is 5.97. The van der Waals surface area contributed by atoms with Gasteiger partial charge >= 0.3 is 5.84 Å². The lowest BCUT2D eigenvalue weighted by Gasteiger charge is -2.21. The molecule has 3 aromatic carbocycles. The van der Waals surface area contributed by atoms with E-state index in [1.165, 1.54) is 28.5 Å². The molecule has 33 heavy (non-hydrogen) atoms. The summed E-state index contributed by atoms with van der Waals surface area (Å²) in [6, 6.07) is 22.0. The fourth-order valence-corrected chi connectivity index (χ4v) is 5.60. The quantitative estimate of drug-likeness (QED) is 0.337. The van der Waals surface area contributed by atoms with Crippen molar-refractivity contribution >= 4 is 15.7 Å². The van der Waals surface area contributed by atoms with Crippen LogP contribution in [0, 0.1) is 0 Å². The normalized spacial score (nSPS) is 14.4. The van der Waals surface area contributed by atoms with Crippen molar-refractivity contribution < 1.29 is 12.8 Å². The zero-order valence-electron chi connectivity index (χ0n) is 18.5. The molecule has 0 aliphatic heterocycles. The molecule has 1 aliphatic carbocycles. The molecule has 0 radical (unpaired) electrons. The third kappa shape index (κ3) is 2.91. The SMILES string of the molecule is CC1(C)c2ccccc2-c2ccc(-c3nc4occn4c3-c3ccc(S(C)(=O)=O)cc3)cc21. The van der Waals surface area contributed by atoms with Crippen LogP contribution < -0.4 is 0 Å². The first-order valence-electron chi connectivity index (χ1n) is 10.8. The van der Waals surface area contributed by atoms with Gasteiger partial charge in [0.25, 0.3) is 0 Å². The zero-order chi connectivity index (χ0) is 23.0. The fourth-order valence-electron chi connectivity index (χ4n) is 4.97. The summed E-state index contributed by atoms with van der Waals surface area (Å²) in [5.74, 6) is 0.496. The lowest BCUT2D eigenvalue weighted by atomic mass is 9.82. The van der Waals surface area contributed by atoms with E-state index in [1.54, 1.807) is 18.4 Å². The van der Waals surface area contributed by atoms with Gasteiger partial charge in [-0.25, -0.2) is 8.42 Å². The summed E-state index contributed by atoms with van der Waals surface area (Å²) in [4.78, 5) is 5.08. The van der Waals surface area contributed by atoms with Crippen LogP contribution in [0.15, 0.2) is 88.5 Å². The Morgan fingerprint density at radius 1 is 0.879 bits per heavy atom. The van der Waals surface area contributed by atoms with E-state index in [1.807, 2.05) is 22.7 Å². The number of sulfone groups is 1. The smallest absolute Gasteiger partial charge is 0.306 e. The van der Waals surface area contributed by atoms with Gasteiger partial charge in [0, 0.05) is 29.0 Å². The summed E-state index contributed by atoms with van der Waals surface area (Å²) >= 11 is 0. The highest BCUT2D eigenvalue weighted by atomic mass is 32.2. The molecule has 0 bridgehead atoms. The molecule has 164 valence electrons. The average molecular weight is 455 g/mol. The van der Waals surface area contributed by atoms with E-state index in [0.717, 1.165) is 22.5 Å². The second kappa shape index (κ2) is 6.68. The van der Waals surface area contributed by atoms with Crippen molar-refractivity contribution in [3.05, 3.63) is 90.3 Å². The average Bonchev–Trinajstić information content (AvgIpc) is 3.45. The third-order valence-electron chi connectivity index (χ3n) is 6.67. The lowest BCUT2D eigenvalue weighted by Crippen LogP contribution is -2.14. The minimum atomic E-state index is -3.27. The Morgan fingerprint density at radius 3 is 2.33 bits per heavy atom. The highest BCUT2D eigenvalue weighted by Crippen LogP contribution is 2.49. The standard InChI is InChI=1S/C27H22N2O3S/c1-27(2)22-7-5-4-6-20(22)21-13-10-18(16-23(21)27)24-25(29-14-15-32-26(29)28-24)17-8-11-19(12-9-17)33(3,30)31/h4-16H,1-3H3. The number of oxazole rings is 1. The molecule has 1 aliphatic rings. The first kappa shape index (κ1) is 20.0. The van der Waals surface area contributed by atoms with Crippen molar-refractivity contribution in [1.82, 2.24) is 9.38 Å². The van der Waals surface area contributed by atoms with Crippen LogP contribution in [0.25, 0.3) is 39.5 Å². The molecule has 2 heterocycles. The largest absolute Gasteiger partial charge is 0.432 e. The van der Waals surface area contributed by atoms with Gasteiger partial charge in [-0.2, -0.15) is 4.98 Å². The molecule has 0 amide bonds. The molecule has 5 nitrogen and oxygen atoms in total. The van der Waals surface area contributed by atoms with Gasteiger partial charge in [-0.05, 0) is 40.5 Å². The fraction of sp³-hybridized carbons (Fsp3) is 0.148. The van der Waals surface area contributed by atoms with E-state index in [-0.39, 0.29) is 10.3 Å². The molecular weight excluding hydrogens is 432 g/mol. The number of aromatic nitrogens is 2. The van der Waals surface area contributed by atoms with Gasteiger partial charge in [0.15, 0.2) is 9.84 Å². The van der Waals surface area contributed by atoms with Crippen LogP contribution in [0.1, 0.15) is 25.0 Å². The van der Waals surface area contributed by atoms with E-state index in [9.17, 15) is 8.42 Å². The summed E-state index contributed by atoms with van der Waals surface area (Å²) in [6.07, 6.45) is 4.65. The molecule has 6 rings (SSSR count). The molecule has 0 unspecified atom stereocenters. The van der Waals surface area contributed by atoms with Gasteiger partial charge in [-0.15, -0.1) is 0 Å². The van der Waals surface area contributed by atoms with Crippen molar-refractivity contribution in [2.75, 3.05) is 6.26 Å². The third-order valence-corrected chi connectivity index (χ3v) is 7.80. The van der Waals surface area contributed by atoms with Crippen LogP contribution in [0.5, 0.6) is 0 Å². The number of nitrogens with zero attached hydrogens (tertiary/aromatic N) is 2. The molecule has 0 N–H and O–H groups in total. The Hall–Kier alpha value is -3.64. The molecule has 0 spiro atoms. The second-order valence-corrected chi connectivity index (χ2v) is 11.1. The van der Waals surface area contributed by atoms with Gasteiger partial charge in [0.1, 0.15) is 12.0 Å². The minimum Gasteiger partial charge on any atom is -0.432 e. The predicted molar refractivity (Wildman–Crippen MR) is 129 cm³/mol. The van der Waals surface area contributed by atoms with Crippen molar-refractivity contribution in [2.24, 2.45) is 0 Å². The van der Waals surface area contributed by atoms with Gasteiger partial charge < -0.3 is 4.42 Å². The van der Waals surface area contributed by atoms with E-state index in [4.69, 9.17) is 9.40 Å². The van der Waals surface area contributed by atoms with Crippen LogP contribution in [-0.4, -0.2) is 24.1 Å². The number of benzene rings is 3. The van der Waals surface area contributed by atoms with Crippen molar-refractivity contribution in [2.45, 2.75) is 24.2 Å². The summed E-state index contributed by atoms with van der Waals surface area (Å²) in [7, 11) is -3.27. The Morgan fingerprint density at radius 2 is 1.58 bits per heavy atom. The topological polar surface area (TPSA) is 64.6 Å². The van der Waals surface area contributed by atoms with Crippen molar-refractivity contribution in [1.29, 1.82) is 0 Å². The van der Waals surface area contributed by atoms with Crippen LogP contribution >= 0.6 is 0 Å². The monoisotopic (exact) mass is 454 g/mol. The Kier molecular flexibility index (Phi) is 4.05. The second-order valence-electron chi connectivity index (χ2n) is 9.09. The van der Waals surface area contributed by atoms with E-state index in [2.05, 4.69) is 56.3 Å². The molecule has 0 saturated carbocycles. The van der Waals surface area contributed by atoms with Gasteiger partial charge in [-0.3, -0.25) is 4.40 Å². The molecule has 6 heteroatoms. The molecule has 0 fully saturated rings. The van der Waals surface area contributed by atoms with Gasteiger partial charge in [-0.1, -0.05) is 62.4 Å². The molecule has 0 saturated heterocycles. The van der Waals surface area contributed by atoms with Crippen LogP contribution in [0.2, 0.25) is 0 Å². The lowest BCUT2D eigenvalue weighted by molar-refractivity contribution is 0.596. The van der Waals surface area contributed by atoms with Crippen LogP contribution in [0.3, 0.4) is 0 Å². The van der Waals surface area contributed by atoms with E-state index in [0.29, 0.717) is 5.84 Å². The van der Waals surface area contributed by atoms with Gasteiger partial charge in [0.05, 0.1) is 10.6 Å². The molecule has 5 aromatic rings. The number of rotatable bonds is 3. The zero-order valence-corrected chi connectivity index (χ0v) is 19.3. The number of fused-ring (bicyclic) bond motifs is 4. The first-order chi connectivity index (χ1) is 15.7. The molecule has 0 atom stereocenters. The Balaban J connectivity index is 1.55.